The second kappa shape index (κ2) is 7.85. The fourth-order valence-corrected chi connectivity index (χ4v) is 2.37. The highest BCUT2D eigenvalue weighted by Gasteiger charge is 2.19. The van der Waals surface area contributed by atoms with Crippen molar-refractivity contribution in [2.75, 3.05) is 6.61 Å². The minimum Gasteiger partial charge on any atom is -0.494 e. The van der Waals surface area contributed by atoms with Gasteiger partial charge < -0.3 is 9.84 Å². The molecule has 0 amide bonds. The zero-order valence-corrected chi connectivity index (χ0v) is 13.2. The molecule has 0 saturated heterocycles. The van der Waals surface area contributed by atoms with E-state index in [9.17, 15) is 9.90 Å². The molecule has 116 valence electrons. The molecule has 3 nitrogen and oxygen atoms in total. The van der Waals surface area contributed by atoms with E-state index in [2.05, 4.69) is 0 Å². The Morgan fingerprint density at radius 2 is 1.77 bits per heavy atom. The third kappa shape index (κ3) is 4.78. The lowest BCUT2D eigenvalue weighted by molar-refractivity contribution is -0.139. The first kappa shape index (κ1) is 16.4. The van der Waals surface area contributed by atoms with Crippen molar-refractivity contribution in [2.45, 2.75) is 25.7 Å². The predicted octanol–water partition coefficient (Wildman–Crippen LogP) is 4.68. The zero-order chi connectivity index (χ0) is 15.9. The van der Waals surface area contributed by atoms with E-state index in [-0.39, 0.29) is 0 Å². The molecule has 0 heterocycles. The zero-order valence-electron chi connectivity index (χ0n) is 12.5. The van der Waals surface area contributed by atoms with Crippen LogP contribution in [0.4, 0.5) is 0 Å². The fourth-order valence-electron chi connectivity index (χ4n) is 2.24. The highest BCUT2D eigenvalue weighted by molar-refractivity contribution is 6.30. The van der Waals surface area contributed by atoms with Crippen LogP contribution >= 0.6 is 11.6 Å². The summed E-state index contributed by atoms with van der Waals surface area (Å²) >= 11 is 5.81. The van der Waals surface area contributed by atoms with E-state index >= 15 is 0 Å². The molecule has 1 atom stereocenters. The highest BCUT2D eigenvalue weighted by atomic mass is 35.5. The number of aliphatic carboxylic acids is 1. The van der Waals surface area contributed by atoms with Crippen LogP contribution < -0.4 is 4.74 Å². The molecule has 0 aliphatic heterocycles. The number of carboxylic acids is 1. The smallest absolute Gasteiger partial charge is 0.310 e. The molecule has 0 bridgehead atoms. The molecule has 22 heavy (non-hydrogen) atoms. The summed E-state index contributed by atoms with van der Waals surface area (Å²) in [5, 5.41) is 10.1. The molecule has 2 rings (SSSR count). The van der Waals surface area contributed by atoms with Crippen molar-refractivity contribution in [3.8, 4) is 5.75 Å². The number of ether oxygens (including phenoxy) is 1. The molecule has 0 aliphatic carbocycles. The van der Waals surface area contributed by atoms with Crippen LogP contribution in [0.5, 0.6) is 5.75 Å². The largest absolute Gasteiger partial charge is 0.494 e. The van der Waals surface area contributed by atoms with E-state index in [1.807, 2.05) is 31.2 Å². The number of benzene rings is 2. The number of aryl methyl sites for hydroxylation is 1. The molecular formula is C18H19ClO3. The summed E-state index contributed by atoms with van der Waals surface area (Å²) in [5.74, 6) is -0.545. The maximum Gasteiger partial charge on any atom is 0.310 e. The Hall–Kier alpha value is -2.00. The average molecular weight is 319 g/mol. The van der Waals surface area contributed by atoms with E-state index in [4.69, 9.17) is 16.3 Å². The second-order valence-electron chi connectivity index (χ2n) is 5.25. The van der Waals surface area contributed by atoms with Gasteiger partial charge in [-0.25, -0.2) is 0 Å². The lowest BCUT2D eigenvalue weighted by Crippen LogP contribution is -2.13. The number of carbonyl (C=O) groups is 1. The van der Waals surface area contributed by atoms with Gasteiger partial charge in [0.2, 0.25) is 0 Å². The third-order valence-electron chi connectivity index (χ3n) is 3.50. The van der Waals surface area contributed by atoms with E-state index in [0.29, 0.717) is 24.5 Å². The van der Waals surface area contributed by atoms with Crippen LogP contribution in [-0.2, 0) is 4.79 Å². The first-order valence-electron chi connectivity index (χ1n) is 7.24. The van der Waals surface area contributed by atoms with Crippen molar-refractivity contribution >= 4 is 17.6 Å². The van der Waals surface area contributed by atoms with Gasteiger partial charge in [-0.05, 0) is 49.6 Å². The summed E-state index contributed by atoms with van der Waals surface area (Å²) < 4.78 is 5.59. The van der Waals surface area contributed by atoms with Gasteiger partial charge in [0.1, 0.15) is 5.75 Å². The summed E-state index contributed by atoms with van der Waals surface area (Å²) in [4.78, 5) is 11.4. The molecule has 0 radical (unpaired) electrons. The Bertz CT molecular complexity index is 605. The maximum absolute atomic E-state index is 11.4. The summed E-state index contributed by atoms with van der Waals surface area (Å²) in [5.41, 5.74) is 1.96. The number of hydrogen-bond donors (Lipinski definition) is 1. The van der Waals surface area contributed by atoms with Gasteiger partial charge in [0.15, 0.2) is 0 Å². The highest BCUT2D eigenvalue weighted by Crippen LogP contribution is 2.23. The van der Waals surface area contributed by atoms with Crippen LogP contribution in [0, 0.1) is 6.92 Å². The van der Waals surface area contributed by atoms with Crippen molar-refractivity contribution < 1.29 is 14.6 Å². The molecule has 0 fully saturated rings. The minimum atomic E-state index is -0.796. The van der Waals surface area contributed by atoms with E-state index in [0.717, 1.165) is 16.9 Å². The van der Waals surface area contributed by atoms with Crippen LogP contribution in [0.1, 0.15) is 29.9 Å². The summed E-state index contributed by atoms with van der Waals surface area (Å²) in [6.07, 6.45) is 1.22. The molecule has 0 aromatic heterocycles. The van der Waals surface area contributed by atoms with Crippen molar-refractivity contribution in [3.63, 3.8) is 0 Å². The Balaban J connectivity index is 1.86. The monoisotopic (exact) mass is 318 g/mol. The first-order chi connectivity index (χ1) is 10.6. The molecular weight excluding hydrogens is 300 g/mol. The van der Waals surface area contributed by atoms with E-state index in [1.54, 1.807) is 24.3 Å². The Morgan fingerprint density at radius 1 is 1.14 bits per heavy atom. The SMILES string of the molecule is Cc1ccc(C(CCCOc2ccc(Cl)cc2)C(=O)O)cc1. The Morgan fingerprint density at radius 3 is 2.36 bits per heavy atom. The summed E-state index contributed by atoms with van der Waals surface area (Å²) in [6.45, 7) is 2.47. The van der Waals surface area contributed by atoms with Gasteiger partial charge in [-0.2, -0.15) is 0 Å². The van der Waals surface area contributed by atoms with Crippen molar-refractivity contribution in [1.29, 1.82) is 0 Å². The molecule has 0 spiro atoms. The molecule has 4 heteroatoms. The number of hydrogen-bond acceptors (Lipinski definition) is 2. The van der Waals surface area contributed by atoms with Crippen LogP contribution in [0.2, 0.25) is 5.02 Å². The van der Waals surface area contributed by atoms with Gasteiger partial charge in [0.05, 0.1) is 12.5 Å². The first-order valence-corrected chi connectivity index (χ1v) is 7.62. The van der Waals surface area contributed by atoms with Gasteiger partial charge in [0, 0.05) is 5.02 Å². The second-order valence-corrected chi connectivity index (χ2v) is 5.68. The molecule has 2 aromatic rings. The number of rotatable bonds is 7. The van der Waals surface area contributed by atoms with E-state index < -0.39 is 11.9 Å². The van der Waals surface area contributed by atoms with Crippen LogP contribution in [0.25, 0.3) is 0 Å². The average Bonchev–Trinajstić information content (AvgIpc) is 2.50. The third-order valence-corrected chi connectivity index (χ3v) is 3.75. The van der Waals surface area contributed by atoms with Gasteiger partial charge >= 0.3 is 5.97 Å². The lowest BCUT2D eigenvalue weighted by Gasteiger charge is -2.13. The van der Waals surface area contributed by atoms with Crippen molar-refractivity contribution in [1.82, 2.24) is 0 Å². The molecule has 1 unspecified atom stereocenters. The Kier molecular flexibility index (Phi) is 5.84. The van der Waals surface area contributed by atoms with E-state index in [1.165, 1.54) is 0 Å². The van der Waals surface area contributed by atoms with Gasteiger partial charge in [0.25, 0.3) is 0 Å². The molecule has 1 N–H and O–H groups in total. The van der Waals surface area contributed by atoms with Crippen LogP contribution in [-0.4, -0.2) is 17.7 Å². The van der Waals surface area contributed by atoms with Crippen molar-refractivity contribution in [3.05, 3.63) is 64.7 Å². The van der Waals surface area contributed by atoms with Crippen LogP contribution in [0.15, 0.2) is 48.5 Å². The topological polar surface area (TPSA) is 46.5 Å². The summed E-state index contributed by atoms with van der Waals surface area (Å²) in [7, 11) is 0. The number of carboxylic acid groups (broad SMARTS) is 1. The fraction of sp³-hybridized carbons (Fsp3) is 0.278. The predicted molar refractivity (Wildman–Crippen MR) is 87.7 cm³/mol. The van der Waals surface area contributed by atoms with Crippen molar-refractivity contribution in [2.24, 2.45) is 0 Å². The molecule has 2 aromatic carbocycles. The molecule has 0 saturated carbocycles. The van der Waals surface area contributed by atoms with Gasteiger partial charge in [-0.15, -0.1) is 0 Å². The normalized spacial score (nSPS) is 11.9. The lowest BCUT2D eigenvalue weighted by atomic mass is 9.94. The standard InChI is InChI=1S/C18H19ClO3/c1-13-4-6-14(7-5-13)17(18(20)21)3-2-12-22-16-10-8-15(19)9-11-16/h4-11,17H,2-3,12H2,1H3,(H,20,21). The number of halogens is 1. The Labute approximate surface area is 135 Å². The van der Waals surface area contributed by atoms with Gasteiger partial charge in [-0.3, -0.25) is 4.79 Å². The molecule has 0 aliphatic rings. The quantitative estimate of drug-likeness (QED) is 0.754. The minimum absolute atomic E-state index is 0.483. The van der Waals surface area contributed by atoms with Gasteiger partial charge in [-0.1, -0.05) is 41.4 Å². The summed E-state index contributed by atoms with van der Waals surface area (Å²) in [6, 6.07) is 14.8. The maximum atomic E-state index is 11.4. The van der Waals surface area contributed by atoms with Crippen LogP contribution in [0.3, 0.4) is 0 Å².